The molecule has 0 aliphatic carbocycles. The van der Waals surface area contributed by atoms with Crippen LogP contribution in [-0.4, -0.2) is 40.1 Å². The highest BCUT2D eigenvalue weighted by Gasteiger charge is 2.30. The summed E-state index contributed by atoms with van der Waals surface area (Å²) in [5, 5.41) is 9.41. The molecule has 4 nitrogen and oxygen atoms in total. The number of rotatable bonds is 1. The van der Waals surface area contributed by atoms with Gasteiger partial charge in [-0.15, -0.1) is 0 Å². The average molecular weight is 247 g/mol. The van der Waals surface area contributed by atoms with Crippen molar-refractivity contribution in [3.63, 3.8) is 0 Å². The minimum atomic E-state index is -0.423. The summed E-state index contributed by atoms with van der Waals surface area (Å²) < 4.78 is 0. The van der Waals surface area contributed by atoms with Gasteiger partial charge in [0, 0.05) is 13.1 Å². The molecule has 1 saturated heterocycles. The number of nitrogens with zero attached hydrogens (tertiary/aromatic N) is 2. The van der Waals surface area contributed by atoms with E-state index in [-0.39, 0.29) is 16.2 Å². The third kappa shape index (κ3) is 2.07. The number of pyridine rings is 1. The van der Waals surface area contributed by atoms with Crippen LogP contribution in [0.2, 0.25) is 10.3 Å². The zero-order chi connectivity index (χ0) is 11.0. The van der Waals surface area contributed by atoms with Gasteiger partial charge in [-0.25, -0.2) is 4.98 Å². The monoisotopic (exact) mass is 246 g/mol. The molecule has 1 N–H and O–H groups in total. The van der Waals surface area contributed by atoms with Gasteiger partial charge in [0.15, 0.2) is 0 Å². The fourth-order valence-corrected chi connectivity index (χ4v) is 1.79. The van der Waals surface area contributed by atoms with Crippen LogP contribution in [0, 0.1) is 0 Å². The average Bonchev–Trinajstić information content (AvgIpc) is 2.12. The molecule has 0 atom stereocenters. The Morgan fingerprint density at radius 1 is 1.47 bits per heavy atom. The van der Waals surface area contributed by atoms with Crippen molar-refractivity contribution >= 4 is 29.1 Å². The molecule has 1 aliphatic heterocycles. The minimum absolute atomic E-state index is 0.0916. The standard InChI is InChI=1S/C9H8Cl2N2O2/c10-7-2-1-6(8(11)12-7)9(15)13-3-5(14)4-13/h1-2,5,14H,3-4H2. The van der Waals surface area contributed by atoms with E-state index in [1.165, 1.54) is 17.0 Å². The summed E-state index contributed by atoms with van der Waals surface area (Å²) in [5.41, 5.74) is 0.313. The van der Waals surface area contributed by atoms with Gasteiger partial charge in [0.05, 0.1) is 11.7 Å². The van der Waals surface area contributed by atoms with Crippen LogP contribution in [0.5, 0.6) is 0 Å². The molecule has 2 heterocycles. The van der Waals surface area contributed by atoms with Crippen molar-refractivity contribution in [3.05, 3.63) is 28.0 Å². The summed E-state index contributed by atoms with van der Waals surface area (Å²) in [6.45, 7) is 0.690. The molecule has 1 aromatic heterocycles. The maximum absolute atomic E-state index is 11.8. The summed E-state index contributed by atoms with van der Waals surface area (Å²) in [4.78, 5) is 17.0. The Bertz CT molecular complexity index is 405. The lowest BCUT2D eigenvalue weighted by molar-refractivity contribution is 0.00588. The lowest BCUT2D eigenvalue weighted by Crippen LogP contribution is -2.53. The molecule has 0 unspecified atom stereocenters. The number of carbonyl (C=O) groups excluding carboxylic acids is 1. The summed E-state index contributed by atoms with van der Waals surface area (Å²) >= 11 is 11.4. The Morgan fingerprint density at radius 2 is 2.13 bits per heavy atom. The number of likely N-dealkylation sites (tertiary alicyclic amines) is 1. The highest BCUT2D eigenvalue weighted by molar-refractivity contribution is 6.34. The van der Waals surface area contributed by atoms with Crippen molar-refractivity contribution in [3.8, 4) is 0 Å². The second kappa shape index (κ2) is 3.96. The van der Waals surface area contributed by atoms with Crippen LogP contribution >= 0.6 is 23.2 Å². The highest BCUT2D eigenvalue weighted by Crippen LogP contribution is 2.20. The lowest BCUT2D eigenvalue weighted by Gasteiger charge is -2.35. The molecule has 0 radical (unpaired) electrons. The van der Waals surface area contributed by atoms with E-state index in [4.69, 9.17) is 28.3 Å². The number of hydrogen-bond donors (Lipinski definition) is 1. The SMILES string of the molecule is O=C(c1ccc(Cl)nc1Cl)N1CC(O)C1. The van der Waals surface area contributed by atoms with Crippen LogP contribution in [0.15, 0.2) is 12.1 Å². The molecule has 1 aliphatic rings. The topological polar surface area (TPSA) is 53.4 Å². The van der Waals surface area contributed by atoms with E-state index in [9.17, 15) is 4.79 Å². The van der Waals surface area contributed by atoms with Gasteiger partial charge in [0.25, 0.3) is 5.91 Å². The van der Waals surface area contributed by atoms with Crippen LogP contribution in [0.4, 0.5) is 0 Å². The summed E-state index contributed by atoms with van der Waals surface area (Å²) in [7, 11) is 0. The first-order valence-electron chi connectivity index (χ1n) is 4.37. The van der Waals surface area contributed by atoms with E-state index in [0.717, 1.165) is 0 Å². The van der Waals surface area contributed by atoms with Crippen molar-refractivity contribution < 1.29 is 9.90 Å². The van der Waals surface area contributed by atoms with Crippen molar-refractivity contribution in [2.24, 2.45) is 0 Å². The number of β-amino-alcohol motifs (C(OH)–C–C–N with tert-alkyl or cyclic N) is 1. The molecule has 1 fully saturated rings. The molecule has 1 aromatic rings. The Kier molecular flexibility index (Phi) is 2.82. The third-order valence-corrected chi connectivity index (χ3v) is 2.69. The van der Waals surface area contributed by atoms with Crippen LogP contribution in [0.3, 0.4) is 0 Å². The maximum atomic E-state index is 11.8. The number of aliphatic hydroxyl groups excluding tert-OH is 1. The smallest absolute Gasteiger partial charge is 0.257 e. The van der Waals surface area contributed by atoms with Crippen LogP contribution < -0.4 is 0 Å². The number of aliphatic hydroxyl groups is 1. The van der Waals surface area contributed by atoms with Crippen molar-refractivity contribution in [2.75, 3.05) is 13.1 Å². The van der Waals surface area contributed by atoms with Gasteiger partial charge in [-0.1, -0.05) is 23.2 Å². The summed E-state index contributed by atoms with van der Waals surface area (Å²) in [5.74, 6) is -0.227. The molecule has 0 bridgehead atoms. The fourth-order valence-electron chi connectivity index (χ4n) is 1.36. The second-order valence-corrected chi connectivity index (χ2v) is 4.08. The number of hydrogen-bond acceptors (Lipinski definition) is 3. The van der Waals surface area contributed by atoms with E-state index in [0.29, 0.717) is 18.7 Å². The number of carbonyl (C=O) groups is 1. The van der Waals surface area contributed by atoms with E-state index in [1.54, 1.807) is 0 Å². The normalized spacial score (nSPS) is 16.3. The Balaban J connectivity index is 2.19. The van der Waals surface area contributed by atoms with Gasteiger partial charge in [0.2, 0.25) is 0 Å². The predicted molar refractivity (Wildman–Crippen MR) is 56.2 cm³/mol. The third-order valence-electron chi connectivity index (χ3n) is 2.19. The predicted octanol–water partition coefficient (Wildman–Crippen LogP) is 1.21. The molecule has 0 saturated carbocycles. The first-order chi connectivity index (χ1) is 7.08. The minimum Gasteiger partial charge on any atom is -0.389 e. The quantitative estimate of drug-likeness (QED) is 0.759. The Morgan fingerprint density at radius 3 is 2.67 bits per heavy atom. The Hall–Kier alpha value is -0.840. The van der Waals surface area contributed by atoms with Gasteiger partial charge in [0.1, 0.15) is 10.3 Å². The van der Waals surface area contributed by atoms with Gasteiger partial charge < -0.3 is 10.0 Å². The van der Waals surface area contributed by atoms with E-state index < -0.39 is 6.10 Å². The molecule has 1 amide bonds. The van der Waals surface area contributed by atoms with E-state index >= 15 is 0 Å². The number of aromatic nitrogens is 1. The van der Waals surface area contributed by atoms with Crippen LogP contribution in [-0.2, 0) is 0 Å². The van der Waals surface area contributed by atoms with Crippen molar-refractivity contribution in [1.29, 1.82) is 0 Å². The van der Waals surface area contributed by atoms with Gasteiger partial charge in [-0.3, -0.25) is 4.79 Å². The lowest BCUT2D eigenvalue weighted by atomic mass is 10.1. The van der Waals surface area contributed by atoms with E-state index in [1.807, 2.05) is 0 Å². The second-order valence-electron chi connectivity index (χ2n) is 3.34. The first-order valence-corrected chi connectivity index (χ1v) is 5.13. The fraction of sp³-hybridized carbons (Fsp3) is 0.333. The van der Waals surface area contributed by atoms with Gasteiger partial charge >= 0.3 is 0 Å². The molecule has 80 valence electrons. The zero-order valence-corrected chi connectivity index (χ0v) is 9.16. The van der Waals surface area contributed by atoms with E-state index in [2.05, 4.69) is 4.98 Å². The van der Waals surface area contributed by atoms with Crippen molar-refractivity contribution in [1.82, 2.24) is 9.88 Å². The molecule has 0 spiro atoms. The Labute approximate surface area is 96.4 Å². The van der Waals surface area contributed by atoms with Gasteiger partial charge in [-0.2, -0.15) is 0 Å². The number of halogens is 2. The summed E-state index contributed by atoms with van der Waals surface area (Å²) in [6, 6.07) is 3.04. The first kappa shape index (κ1) is 10.7. The summed E-state index contributed by atoms with van der Waals surface area (Å²) in [6.07, 6.45) is -0.423. The molecular weight excluding hydrogens is 239 g/mol. The number of amides is 1. The molecule has 15 heavy (non-hydrogen) atoms. The molecule has 0 aromatic carbocycles. The van der Waals surface area contributed by atoms with Gasteiger partial charge in [-0.05, 0) is 12.1 Å². The zero-order valence-electron chi connectivity index (χ0n) is 7.65. The largest absolute Gasteiger partial charge is 0.389 e. The maximum Gasteiger partial charge on any atom is 0.257 e. The molecule has 6 heteroatoms. The molecule has 2 rings (SSSR count). The highest BCUT2D eigenvalue weighted by atomic mass is 35.5. The van der Waals surface area contributed by atoms with Crippen LogP contribution in [0.25, 0.3) is 0 Å². The van der Waals surface area contributed by atoms with Crippen LogP contribution in [0.1, 0.15) is 10.4 Å². The van der Waals surface area contributed by atoms with Crippen molar-refractivity contribution in [2.45, 2.75) is 6.10 Å². The molecular formula is C9H8Cl2N2O2.